The Morgan fingerprint density at radius 3 is 2.76 bits per heavy atom. The van der Waals surface area contributed by atoms with Crippen molar-refractivity contribution in [1.82, 2.24) is 9.97 Å². The lowest BCUT2D eigenvalue weighted by Crippen LogP contribution is -2.01. The molecule has 0 radical (unpaired) electrons. The SMILES string of the molecule is COc1cc(/C=C(/C#N)c2nc3ccc(C)cc3[nH]2)ccc1OCc1cccc(C(=O)O)c1. The number of nitriles is 1. The molecule has 7 nitrogen and oxygen atoms in total. The fourth-order valence-corrected chi connectivity index (χ4v) is 3.42. The molecular weight excluding hydrogens is 418 g/mol. The second kappa shape index (κ2) is 9.28. The Morgan fingerprint density at radius 1 is 1.15 bits per heavy atom. The van der Waals surface area contributed by atoms with E-state index in [0.29, 0.717) is 22.9 Å². The molecule has 2 N–H and O–H groups in total. The Bertz CT molecular complexity index is 1410. The number of imidazole rings is 1. The number of methoxy groups -OCH3 is 1. The third kappa shape index (κ3) is 4.86. The molecule has 164 valence electrons. The monoisotopic (exact) mass is 439 g/mol. The molecule has 0 aliphatic heterocycles. The van der Waals surface area contributed by atoms with Gasteiger partial charge in [-0.15, -0.1) is 0 Å². The van der Waals surface area contributed by atoms with Crippen LogP contribution in [0.15, 0.2) is 60.7 Å². The molecule has 0 saturated carbocycles. The van der Waals surface area contributed by atoms with Gasteiger partial charge in [0, 0.05) is 0 Å². The molecule has 3 aromatic carbocycles. The number of H-pyrrole nitrogens is 1. The number of aromatic nitrogens is 2. The largest absolute Gasteiger partial charge is 0.493 e. The number of aryl methyl sites for hydroxylation is 1. The normalized spacial score (nSPS) is 11.2. The van der Waals surface area contributed by atoms with Crippen LogP contribution >= 0.6 is 0 Å². The Labute approximate surface area is 190 Å². The number of rotatable bonds is 7. The van der Waals surface area contributed by atoms with E-state index in [2.05, 4.69) is 16.0 Å². The standard InChI is InChI=1S/C26H21N3O4/c1-16-6-8-21-22(10-16)29-25(28-21)20(14-27)11-17-7-9-23(24(13-17)32-2)33-15-18-4-3-5-19(12-18)26(30)31/h3-13H,15H2,1-2H3,(H,28,29)(H,30,31)/b20-11-. The summed E-state index contributed by atoms with van der Waals surface area (Å²) in [6.07, 6.45) is 1.73. The molecule has 0 spiro atoms. The summed E-state index contributed by atoms with van der Waals surface area (Å²) in [7, 11) is 1.54. The van der Waals surface area contributed by atoms with Crippen molar-refractivity contribution in [1.29, 1.82) is 5.26 Å². The number of fused-ring (bicyclic) bond motifs is 1. The van der Waals surface area contributed by atoms with Crippen LogP contribution in [0.1, 0.15) is 32.9 Å². The first-order valence-electron chi connectivity index (χ1n) is 10.2. The van der Waals surface area contributed by atoms with E-state index in [9.17, 15) is 10.1 Å². The zero-order valence-electron chi connectivity index (χ0n) is 18.1. The maximum Gasteiger partial charge on any atom is 0.335 e. The van der Waals surface area contributed by atoms with Crippen LogP contribution in [0.3, 0.4) is 0 Å². The first kappa shape index (κ1) is 21.7. The smallest absolute Gasteiger partial charge is 0.335 e. The highest BCUT2D eigenvalue weighted by Crippen LogP contribution is 2.30. The van der Waals surface area contributed by atoms with E-state index in [4.69, 9.17) is 14.6 Å². The number of hydrogen-bond acceptors (Lipinski definition) is 5. The highest BCUT2D eigenvalue weighted by molar-refractivity contribution is 5.90. The van der Waals surface area contributed by atoms with Crippen LogP contribution in [0.2, 0.25) is 0 Å². The fraction of sp³-hybridized carbons (Fsp3) is 0.115. The van der Waals surface area contributed by atoms with E-state index in [1.54, 1.807) is 36.4 Å². The molecule has 0 bridgehead atoms. The van der Waals surface area contributed by atoms with E-state index in [-0.39, 0.29) is 12.2 Å². The van der Waals surface area contributed by atoms with E-state index < -0.39 is 5.97 Å². The highest BCUT2D eigenvalue weighted by Gasteiger charge is 2.11. The summed E-state index contributed by atoms with van der Waals surface area (Å²) >= 11 is 0. The topological polar surface area (TPSA) is 108 Å². The molecule has 0 unspecified atom stereocenters. The minimum atomic E-state index is -0.988. The number of aromatic carboxylic acids is 1. The number of benzene rings is 3. The fourth-order valence-electron chi connectivity index (χ4n) is 3.42. The number of ether oxygens (including phenoxy) is 2. The number of carbonyl (C=O) groups is 1. The number of carboxylic acids is 1. The van der Waals surface area contributed by atoms with Crippen molar-refractivity contribution < 1.29 is 19.4 Å². The Balaban J connectivity index is 1.57. The van der Waals surface area contributed by atoms with Crippen molar-refractivity contribution in [2.24, 2.45) is 0 Å². The lowest BCUT2D eigenvalue weighted by atomic mass is 10.1. The van der Waals surface area contributed by atoms with Gasteiger partial charge in [0.15, 0.2) is 11.5 Å². The third-order valence-electron chi connectivity index (χ3n) is 5.08. The average molecular weight is 439 g/mol. The van der Waals surface area contributed by atoms with Gasteiger partial charge in [0.2, 0.25) is 0 Å². The van der Waals surface area contributed by atoms with E-state index in [0.717, 1.165) is 27.7 Å². The van der Waals surface area contributed by atoms with Crippen LogP contribution < -0.4 is 9.47 Å². The summed E-state index contributed by atoms with van der Waals surface area (Å²) in [6.45, 7) is 2.19. The Morgan fingerprint density at radius 2 is 2.00 bits per heavy atom. The molecule has 0 amide bonds. The van der Waals surface area contributed by atoms with Gasteiger partial charge in [0.1, 0.15) is 18.5 Å². The maximum absolute atomic E-state index is 11.2. The molecule has 0 fully saturated rings. The average Bonchev–Trinajstić information content (AvgIpc) is 3.24. The van der Waals surface area contributed by atoms with Gasteiger partial charge in [-0.1, -0.05) is 24.3 Å². The van der Waals surface area contributed by atoms with Crippen LogP contribution in [0.25, 0.3) is 22.7 Å². The minimum absolute atomic E-state index is 0.189. The predicted molar refractivity (Wildman–Crippen MR) is 125 cm³/mol. The van der Waals surface area contributed by atoms with Crippen molar-refractivity contribution in [3.05, 3.63) is 88.7 Å². The van der Waals surface area contributed by atoms with Crippen molar-refractivity contribution in [2.75, 3.05) is 7.11 Å². The predicted octanol–water partition coefficient (Wildman–Crippen LogP) is 5.22. The summed E-state index contributed by atoms with van der Waals surface area (Å²) in [5, 5.41) is 18.8. The van der Waals surface area contributed by atoms with Gasteiger partial charge in [-0.3, -0.25) is 0 Å². The molecule has 0 aliphatic rings. The molecular formula is C26H21N3O4. The van der Waals surface area contributed by atoms with E-state index in [1.165, 1.54) is 13.2 Å². The van der Waals surface area contributed by atoms with E-state index in [1.807, 2.05) is 31.2 Å². The van der Waals surface area contributed by atoms with Gasteiger partial charge in [0.05, 0.1) is 29.3 Å². The van der Waals surface area contributed by atoms with E-state index >= 15 is 0 Å². The summed E-state index contributed by atoms with van der Waals surface area (Å²) < 4.78 is 11.3. The molecule has 4 aromatic rings. The first-order chi connectivity index (χ1) is 16.0. The molecule has 33 heavy (non-hydrogen) atoms. The maximum atomic E-state index is 11.2. The molecule has 0 aliphatic carbocycles. The van der Waals surface area contributed by atoms with Crippen molar-refractivity contribution >= 4 is 28.7 Å². The third-order valence-corrected chi connectivity index (χ3v) is 5.08. The van der Waals surface area contributed by atoms with Gasteiger partial charge >= 0.3 is 5.97 Å². The lowest BCUT2D eigenvalue weighted by Gasteiger charge is -2.12. The van der Waals surface area contributed by atoms with Gasteiger partial charge < -0.3 is 19.6 Å². The molecule has 0 saturated heterocycles. The first-order valence-corrected chi connectivity index (χ1v) is 10.2. The van der Waals surface area contributed by atoms with Crippen molar-refractivity contribution in [2.45, 2.75) is 13.5 Å². The molecule has 4 rings (SSSR count). The summed E-state index contributed by atoms with van der Waals surface area (Å²) in [5.41, 5.74) is 4.85. The van der Waals surface area contributed by atoms with Crippen LogP contribution in [0.5, 0.6) is 11.5 Å². The lowest BCUT2D eigenvalue weighted by molar-refractivity contribution is 0.0696. The number of allylic oxidation sites excluding steroid dienone is 1. The van der Waals surface area contributed by atoms with Gasteiger partial charge in [-0.05, 0) is 66.1 Å². The Hall–Kier alpha value is -4.57. The van der Waals surface area contributed by atoms with Crippen molar-refractivity contribution in [3.63, 3.8) is 0 Å². The Kier molecular flexibility index (Phi) is 6.09. The summed E-state index contributed by atoms with van der Waals surface area (Å²) in [6, 6.07) is 20.0. The molecule has 1 aromatic heterocycles. The van der Waals surface area contributed by atoms with Crippen LogP contribution in [-0.2, 0) is 6.61 Å². The van der Waals surface area contributed by atoms with Gasteiger partial charge in [-0.25, -0.2) is 9.78 Å². The number of carboxylic acid groups (broad SMARTS) is 1. The van der Waals surface area contributed by atoms with Gasteiger partial charge in [0.25, 0.3) is 0 Å². The van der Waals surface area contributed by atoms with Crippen LogP contribution in [0.4, 0.5) is 0 Å². The second-order valence-corrected chi connectivity index (χ2v) is 7.48. The van der Waals surface area contributed by atoms with Crippen LogP contribution in [0, 0.1) is 18.3 Å². The zero-order chi connectivity index (χ0) is 23.4. The molecule has 0 atom stereocenters. The highest BCUT2D eigenvalue weighted by atomic mass is 16.5. The second-order valence-electron chi connectivity index (χ2n) is 7.48. The van der Waals surface area contributed by atoms with Gasteiger partial charge in [-0.2, -0.15) is 5.26 Å². The molecule has 1 heterocycles. The molecule has 7 heteroatoms. The number of aromatic amines is 1. The quantitative estimate of drug-likeness (QED) is 0.382. The summed E-state index contributed by atoms with van der Waals surface area (Å²) in [4.78, 5) is 18.9. The summed E-state index contributed by atoms with van der Waals surface area (Å²) in [5.74, 6) is 0.512. The minimum Gasteiger partial charge on any atom is -0.493 e. The number of nitrogens with one attached hydrogen (secondary N) is 1. The van der Waals surface area contributed by atoms with Crippen molar-refractivity contribution in [3.8, 4) is 17.6 Å². The number of nitrogens with zero attached hydrogens (tertiary/aromatic N) is 2. The van der Waals surface area contributed by atoms with Crippen LogP contribution in [-0.4, -0.2) is 28.2 Å². The zero-order valence-corrected chi connectivity index (χ0v) is 18.1. The number of hydrogen-bond donors (Lipinski definition) is 2.